The number of rotatable bonds is 5. The average molecular weight is 343 g/mol. The number of nitrogens with zero attached hydrogens (tertiary/aromatic N) is 2. The number of aromatic amines is 2. The third-order valence-electron chi connectivity index (χ3n) is 4.71. The van der Waals surface area contributed by atoms with E-state index < -0.39 is 0 Å². The molecule has 126 valence electrons. The quantitative estimate of drug-likeness (QED) is 0.622. The summed E-state index contributed by atoms with van der Waals surface area (Å²) in [5.74, 6) is 2.67. The maximum atomic E-state index is 11.6. The van der Waals surface area contributed by atoms with Gasteiger partial charge in [0.25, 0.3) is 5.56 Å². The normalized spacial score (nSPS) is 20.7. The molecule has 24 heavy (non-hydrogen) atoms. The number of aryl methyl sites for hydroxylation is 1. The molecule has 0 spiro atoms. The monoisotopic (exact) mass is 343 g/mol. The minimum atomic E-state index is -0.0584. The molecule has 6 nitrogen and oxygen atoms in total. The van der Waals surface area contributed by atoms with Crippen LogP contribution in [0.25, 0.3) is 10.9 Å². The highest BCUT2D eigenvalue weighted by atomic mass is 32.2. The molecule has 3 aromatic rings. The first kappa shape index (κ1) is 15.4. The summed E-state index contributed by atoms with van der Waals surface area (Å²) in [5.41, 5.74) is 0.816. The van der Waals surface area contributed by atoms with Crippen molar-refractivity contribution in [2.24, 2.45) is 13.0 Å². The first-order valence-electron chi connectivity index (χ1n) is 8.27. The first-order chi connectivity index (χ1) is 11.7. The second-order valence-corrected chi connectivity index (χ2v) is 7.56. The Morgan fingerprint density at radius 1 is 1.38 bits per heavy atom. The molecule has 0 aliphatic heterocycles. The van der Waals surface area contributed by atoms with Crippen molar-refractivity contribution in [1.29, 1.82) is 0 Å². The van der Waals surface area contributed by atoms with Crippen molar-refractivity contribution in [3.05, 3.63) is 41.1 Å². The standard InChI is InChI=1S/C17H21N5OS/c1-22-8-16(18-10-22)19-14-4-2-3-11(14)9-24-12-5-6-13-15(7-12)20-21-17(13)23/h5-8,10-11,14,19H,2-4,9H2,1H3,(H2,20,21,23). The molecule has 0 amide bonds. The summed E-state index contributed by atoms with van der Waals surface area (Å²) in [6.07, 6.45) is 7.57. The molecule has 4 rings (SSSR count). The number of fused-ring (bicyclic) bond motifs is 1. The fourth-order valence-corrected chi connectivity index (χ4v) is 4.58. The van der Waals surface area contributed by atoms with Gasteiger partial charge in [-0.25, -0.2) is 4.98 Å². The molecule has 7 heteroatoms. The molecule has 1 saturated carbocycles. The van der Waals surface area contributed by atoms with E-state index in [1.54, 1.807) is 0 Å². The number of anilines is 1. The lowest BCUT2D eigenvalue weighted by molar-refractivity contribution is 0.564. The maximum absolute atomic E-state index is 11.6. The van der Waals surface area contributed by atoms with Gasteiger partial charge < -0.3 is 9.88 Å². The van der Waals surface area contributed by atoms with E-state index in [0.29, 0.717) is 12.0 Å². The Kier molecular flexibility index (Phi) is 4.10. The summed E-state index contributed by atoms with van der Waals surface area (Å²) in [6, 6.07) is 6.47. The molecule has 2 atom stereocenters. The van der Waals surface area contributed by atoms with Crippen molar-refractivity contribution < 1.29 is 0 Å². The van der Waals surface area contributed by atoms with E-state index in [-0.39, 0.29) is 5.56 Å². The summed E-state index contributed by atoms with van der Waals surface area (Å²) in [4.78, 5) is 17.1. The smallest absolute Gasteiger partial charge is 0.271 e. The van der Waals surface area contributed by atoms with Crippen molar-refractivity contribution in [2.75, 3.05) is 11.1 Å². The third-order valence-corrected chi connectivity index (χ3v) is 5.89. The van der Waals surface area contributed by atoms with Crippen LogP contribution in [0.3, 0.4) is 0 Å². The van der Waals surface area contributed by atoms with E-state index in [4.69, 9.17) is 0 Å². The Bertz CT molecular complexity index is 896. The van der Waals surface area contributed by atoms with Crippen LogP contribution in [-0.4, -0.2) is 31.5 Å². The molecule has 1 aliphatic rings. The molecule has 2 aromatic heterocycles. The lowest BCUT2D eigenvalue weighted by atomic mass is 10.1. The van der Waals surface area contributed by atoms with Gasteiger partial charge in [0.1, 0.15) is 5.82 Å². The minimum absolute atomic E-state index is 0.0584. The van der Waals surface area contributed by atoms with Crippen LogP contribution in [-0.2, 0) is 7.05 Å². The molecule has 0 radical (unpaired) electrons. The Morgan fingerprint density at radius 3 is 3.12 bits per heavy atom. The Labute approximate surface area is 144 Å². The fourth-order valence-electron chi connectivity index (χ4n) is 3.41. The second kappa shape index (κ2) is 6.39. The van der Waals surface area contributed by atoms with Crippen molar-refractivity contribution in [3.63, 3.8) is 0 Å². The van der Waals surface area contributed by atoms with Gasteiger partial charge in [0.05, 0.1) is 17.2 Å². The molecule has 0 bridgehead atoms. The van der Waals surface area contributed by atoms with Gasteiger partial charge in [-0.3, -0.25) is 15.0 Å². The summed E-state index contributed by atoms with van der Waals surface area (Å²) in [5, 5.41) is 9.86. The van der Waals surface area contributed by atoms with Gasteiger partial charge in [-0.2, -0.15) is 0 Å². The third kappa shape index (κ3) is 3.08. The highest BCUT2D eigenvalue weighted by molar-refractivity contribution is 7.99. The van der Waals surface area contributed by atoms with Crippen molar-refractivity contribution >= 4 is 28.5 Å². The van der Waals surface area contributed by atoms with Gasteiger partial charge in [0.2, 0.25) is 0 Å². The van der Waals surface area contributed by atoms with Gasteiger partial charge in [-0.15, -0.1) is 11.8 Å². The highest BCUT2D eigenvalue weighted by Crippen LogP contribution is 2.33. The lowest BCUT2D eigenvalue weighted by Gasteiger charge is -2.20. The highest BCUT2D eigenvalue weighted by Gasteiger charge is 2.27. The zero-order valence-corrected chi connectivity index (χ0v) is 14.4. The largest absolute Gasteiger partial charge is 0.366 e. The second-order valence-electron chi connectivity index (χ2n) is 6.46. The Hall–Kier alpha value is -2.15. The SMILES string of the molecule is Cn1cnc(NC2CCCC2CSc2ccc3c(=O)[nH][nH]c3c2)c1. The summed E-state index contributed by atoms with van der Waals surface area (Å²) in [6.45, 7) is 0. The van der Waals surface area contributed by atoms with Crippen LogP contribution < -0.4 is 10.9 Å². The van der Waals surface area contributed by atoms with E-state index in [0.717, 1.165) is 22.5 Å². The van der Waals surface area contributed by atoms with Crippen LogP contribution in [0.2, 0.25) is 0 Å². The Morgan fingerprint density at radius 2 is 2.29 bits per heavy atom. The van der Waals surface area contributed by atoms with E-state index in [9.17, 15) is 4.79 Å². The van der Waals surface area contributed by atoms with Crippen LogP contribution in [0.4, 0.5) is 5.82 Å². The number of thioether (sulfide) groups is 1. The predicted octanol–water partition coefficient (Wildman–Crippen LogP) is 2.96. The van der Waals surface area contributed by atoms with Gasteiger partial charge >= 0.3 is 0 Å². The number of imidazole rings is 1. The Balaban J connectivity index is 1.40. The summed E-state index contributed by atoms with van der Waals surface area (Å²) < 4.78 is 1.97. The molecule has 2 unspecified atom stereocenters. The van der Waals surface area contributed by atoms with E-state index in [1.807, 2.05) is 54.1 Å². The maximum Gasteiger partial charge on any atom is 0.271 e. The van der Waals surface area contributed by atoms with Gasteiger partial charge in [0.15, 0.2) is 0 Å². The van der Waals surface area contributed by atoms with Crippen LogP contribution in [0.1, 0.15) is 19.3 Å². The number of benzene rings is 1. The lowest BCUT2D eigenvalue weighted by Crippen LogP contribution is -2.25. The molecular weight excluding hydrogens is 322 g/mol. The number of hydrogen-bond acceptors (Lipinski definition) is 4. The van der Waals surface area contributed by atoms with Crippen LogP contribution in [0.5, 0.6) is 0 Å². The average Bonchev–Trinajstić information content (AvgIpc) is 3.28. The van der Waals surface area contributed by atoms with E-state index in [1.165, 1.54) is 24.2 Å². The van der Waals surface area contributed by atoms with Crippen LogP contribution in [0.15, 0.2) is 40.4 Å². The molecule has 0 saturated heterocycles. The molecule has 3 N–H and O–H groups in total. The van der Waals surface area contributed by atoms with Crippen molar-refractivity contribution in [3.8, 4) is 0 Å². The molecular formula is C17H21N5OS. The van der Waals surface area contributed by atoms with Gasteiger partial charge in [-0.05, 0) is 37.0 Å². The number of H-pyrrole nitrogens is 2. The zero-order valence-electron chi connectivity index (χ0n) is 13.6. The number of hydrogen-bond donors (Lipinski definition) is 3. The van der Waals surface area contributed by atoms with E-state index in [2.05, 4.69) is 20.5 Å². The summed E-state index contributed by atoms with van der Waals surface area (Å²) >= 11 is 1.86. The van der Waals surface area contributed by atoms with Crippen LogP contribution in [0, 0.1) is 5.92 Å². The topological polar surface area (TPSA) is 78.5 Å². The zero-order chi connectivity index (χ0) is 16.5. The molecule has 1 aliphatic carbocycles. The first-order valence-corrected chi connectivity index (χ1v) is 9.25. The van der Waals surface area contributed by atoms with Gasteiger partial charge in [-0.1, -0.05) is 6.42 Å². The predicted molar refractivity (Wildman–Crippen MR) is 97.6 cm³/mol. The van der Waals surface area contributed by atoms with Crippen LogP contribution >= 0.6 is 11.8 Å². The van der Waals surface area contributed by atoms with E-state index >= 15 is 0 Å². The number of nitrogens with one attached hydrogen (secondary N) is 3. The summed E-state index contributed by atoms with van der Waals surface area (Å²) in [7, 11) is 1.99. The molecule has 2 heterocycles. The molecule has 1 aromatic carbocycles. The minimum Gasteiger partial charge on any atom is -0.366 e. The van der Waals surface area contributed by atoms with Crippen molar-refractivity contribution in [1.82, 2.24) is 19.7 Å². The van der Waals surface area contributed by atoms with Crippen molar-refractivity contribution in [2.45, 2.75) is 30.2 Å². The van der Waals surface area contributed by atoms with Gasteiger partial charge in [0, 0.05) is 29.9 Å². The fraction of sp³-hybridized carbons (Fsp3) is 0.412. The number of aromatic nitrogens is 4. The molecule has 1 fully saturated rings.